The van der Waals surface area contributed by atoms with Crippen molar-refractivity contribution in [2.45, 2.75) is 39.5 Å². The standard InChI is InChI=1S/C26H29N3O2/c1-4-5-6-7-16-31-22-14-8-19(9-15-22)24-18(2)25(29-26(28)23(24)17-27)20-10-12-21(30-3)13-11-20/h8-15H,4-7,16H2,1-3H3,(H2,28,29). The number of unbranched alkanes of at least 4 members (excludes halogenated alkanes) is 3. The number of aromatic nitrogens is 1. The van der Waals surface area contributed by atoms with Gasteiger partial charge in [0.2, 0.25) is 0 Å². The molecule has 0 saturated carbocycles. The quantitative estimate of drug-likeness (QED) is 0.424. The second-order valence-corrected chi connectivity index (χ2v) is 7.49. The van der Waals surface area contributed by atoms with Crippen LogP contribution in [0.3, 0.4) is 0 Å². The first kappa shape index (κ1) is 22.2. The van der Waals surface area contributed by atoms with Crippen molar-refractivity contribution in [3.8, 4) is 40.0 Å². The zero-order chi connectivity index (χ0) is 22.2. The monoisotopic (exact) mass is 415 g/mol. The first-order valence-electron chi connectivity index (χ1n) is 10.7. The minimum absolute atomic E-state index is 0.227. The van der Waals surface area contributed by atoms with Crippen molar-refractivity contribution in [3.05, 3.63) is 59.7 Å². The molecule has 3 rings (SSSR count). The Labute approximate surface area is 184 Å². The zero-order valence-electron chi connectivity index (χ0n) is 18.4. The summed E-state index contributed by atoms with van der Waals surface area (Å²) in [5.41, 5.74) is 10.9. The van der Waals surface area contributed by atoms with Gasteiger partial charge in [0.1, 0.15) is 28.9 Å². The number of hydrogen-bond acceptors (Lipinski definition) is 5. The molecule has 0 radical (unpaired) electrons. The number of methoxy groups -OCH3 is 1. The molecule has 0 aliphatic rings. The number of benzene rings is 2. The number of nitrogens with two attached hydrogens (primary N) is 1. The van der Waals surface area contributed by atoms with Crippen LogP contribution in [0.2, 0.25) is 0 Å². The van der Waals surface area contributed by atoms with E-state index in [0.717, 1.165) is 45.9 Å². The highest BCUT2D eigenvalue weighted by atomic mass is 16.5. The van der Waals surface area contributed by atoms with Crippen molar-refractivity contribution < 1.29 is 9.47 Å². The Morgan fingerprint density at radius 1 is 0.935 bits per heavy atom. The van der Waals surface area contributed by atoms with E-state index in [4.69, 9.17) is 15.2 Å². The Bertz CT molecular complexity index is 1050. The molecule has 31 heavy (non-hydrogen) atoms. The van der Waals surface area contributed by atoms with Gasteiger partial charge in [-0.2, -0.15) is 5.26 Å². The second-order valence-electron chi connectivity index (χ2n) is 7.49. The van der Waals surface area contributed by atoms with Crippen LogP contribution in [0.25, 0.3) is 22.4 Å². The molecule has 5 heteroatoms. The number of hydrogen-bond donors (Lipinski definition) is 1. The Morgan fingerprint density at radius 3 is 2.19 bits per heavy atom. The number of nitrogens with zero attached hydrogens (tertiary/aromatic N) is 2. The third kappa shape index (κ3) is 5.16. The molecule has 0 saturated heterocycles. The average molecular weight is 416 g/mol. The van der Waals surface area contributed by atoms with Gasteiger partial charge in [0.15, 0.2) is 0 Å². The fourth-order valence-electron chi connectivity index (χ4n) is 3.63. The molecule has 0 unspecified atom stereocenters. The molecule has 0 amide bonds. The molecule has 2 aromatic carbocycles. The molecule has 3 aromatic rings. The fraction of sp³-hybridized carbons (Fsp3) is 0.308. The summed E-state index contributed by atoms with van der Waals surface area (Å²) in [7, 11) is 1.63. The van der Waals surface area contributed by atoms with Gasteiger partial charge < -0.3 is 15.2 Å². The summed E-state index contributed by atoms with van der Waals surface area (Å²) in [6, 6.07) is 17.7. The number of nitriles is 1. The summed E-state index contributed by atoms with van der Waals surface area (Å²) >= 11 is 0. The Kier molecular flexibility index (Phi) is 7.50. The summed E-state index contributed by atoms with van der Waals surface area (Å²) in [4.78, 5) is 4.53. The van der Waals surface area contributed by atoms with E-state index in [0.29, 0.717) is 12.2 Å². The minimum Gasteiger partial charge on any atom is -0.497 e. The van der Waals surface area contributed by atoms with E-state index in [2.05, 4.69) is 18.0 Å². The van der Waals surface area contributed by atoms with E-state index in [1.54, 1.807) is 7.11 Å². The molecule has 160 valence electrons. The summed E-state index contributed by atoms with van der Waals surface area (Å²) in [5, 5.41) is 9.75. The van der Waals surface area contributed by atoms with Crippen molar-refractivity contribution in [2.75, 3.05) is 19.5 Å². The molecular weight excluding hydrogens is 386 g/mol. The smallest absolute Gasteiger partial charge is 0.142 e. The van der Waals surface area contributed by atoms with Gasteiger partial charge in [0, 0.05) is 11.1 Å². The highest BCUT2D eigenvalue weighted by molar-refractivity contribution is 5.84. The van der Waals surface area contributed by atoms with Gasteiger partial charge in [-0.3, -0.25) is 0 Å². The largest absolute Gasteiger partial charge is 0.497 e. The van der Waals surface area contributed by atoms with Crippen LogP contribution in [0.4, 0.5) is 5.82 Å². The van der Waals surface area contributed by atoms with Crippen molar-refractivity contribution in [3.63, 3.8) is 0 Å². The lowest BCUT2D eigenvalue weighted by Gasteiger charge is -2.16. The van der Waals surface area contributed by atoms with E-state index in [1.807, 2.05) is 55.5 Å². The predicted octanol–water partition coefficient (Wildman–Crippen LogP) is 6.15. The first-order valence-corrected chi connectivity index (χ1v) is 10.7. The minimum atomic E-state index is 0.227. The summed E-state index contributed by atoms with van der Waals surface area (Å²) in [6.07, 6.45) is 4.69. The average Bonchev–Trinajstić information content (AvgIpc) is 2.80. The van der Waals surface area contributed by atoms with Gasteiger partial charge in [-0.15, -0.1) is 0 Å². The van der Waals surface area contributed by atoms with E-state index >= 15 is 0 Å². The molecule has 0 aliphatic carbocycles. The van der Waals surface area contributed by atoms with E-state index in [1.165, 1.54) is 19.3 Å². The molecular formula is C26H29N3O2. The van der Waals surface area contributed by atoms with E-state index < -0.39 is 0 Å². The summed E-state index contributed by atoms with van der Waals surface area (Å²) in [6.45, 7) is 4.88. The van der Waals surface area contributed by atoms with Crippen LogP contribution < -0.4 is 15.2 Å². The van der Waals surface area contributed by atoms with Gasteiger partial charge in [0.05, 0.1) is 19.4 Å². The molecule has 0 bridgehead atoms. The van der Waals surface area contributed by atoms with Gasteiger partial charge in [-0.1, -0.05) is 38.3 Å². The van der Waals surface area contributed by atoms with Crippen LogP contribution in [-0.4, -0.2) is 18.7 Å². The van der Waals surface area contributed by atoms with Crippen LogP contribution >= 0.6 is 0 Å². The molecule has 0 aliphatic heterocycles. The molecule has 0 spiro atoms. The van der Waals surface area contributed by atoms with Crippen molar-refractivity contribution >= 4 is 5.82 Å². The Balaban J connectivity index is 1.92. The van der Waals surface area contributed by atoms with Gasteiger partial charge in [-0.05, 0) is 60.9 Å². The number of pyridine rings is 1. The van der Waals surface area contributed by atoms with Crippen LogP contribution in [0.1, 0.15) is 43.7 Å². The molecule has 2 N–H and O–H groups in total. The SMILES string of the molecule is CCCCCCOc1ccc(-c2c(C)c(-c3ccc(OC)cc3)nc(N)c2C#N)cc1. The third-order valence-corrected chi connectivity index (χ3v) is 5.35. The number of anilines is 1. The maximum absolute atomic E-state index is 9.75. The van der Waals surface area contributed by atoms with Gasteiger partial charge in [0.25, 0.3) is 0 Å². The third-order valence-electron chi connectivity index (χ3n) is 5.35. The lowest BCUT2D eigenvalue weighted by molar-refractivity contribution is 0.305. The first-order chi connectivity index (χ1) is 15.1. The summed E-state index contributed by atoms with van der Waals surface area (Å²) in [5.74, 6) is 1.83. The predicted molar refractivity (Wildman–Crippen MR) is 125 cm³/mol. The summed E-state index contributed by atoms with van der Waals surface area (Å²) < 4.78 is 11.1. The van der Waals surface area contributed by atoms with Crippen LogP contribution in [-0.2, 0) is 0 Å². The molecule has 0 fully saturated rings. The lowest BCUT2D eigenvalue weighted by Crippen LogP contribution is -2.03. The molecule has 1 heterocycles. The maximum Gasteiger partial charge on any atom is 0.142 e. The Morgan fingerprint density at radius 2 is 1.58 bits per heavy atom. The van der Waals surface area contributed by atoms with Crippen molar-refractivity contribution in [1.29, 1.82) is 5.26 Å². The maximum atomic E-state index is 9.75. The van der Waals surface area contributed by atoms with Crippen LogP contribution in [0.5, 0.6) is 11.5 Å². The van der Waals surface area contributed by atoms with Gasteiger partial charge >= 0.3 is 0 Å². The highest BCUT2D eigenvalue weighted by Crippen LogP contribution is 2.36. The highest BCUT2D eigenvalue weighted by Gasteiger charge is 2.18. The van der Waals surface area contributed by atoms with E-state index in [-0.39, 0.29) is 5.82 Å². The van der Waals surface area contributed by atoms with Crippen LogP contribution in [0.15, 0.2) is 48.5 Å². The van der Waals surface area contributed by atoms with E-state index in [9.17, 15) is 5.26 Å². The van der Waals surface area contributed by atoms with Gasteiger partial charge in [-0.25, -0.2) is 4.98 Å². The fourth-order valence-corrected chi connectivity index (χ4v) is 3.63. The zero-order valence-corrected chi connectivity index (χ0v) is 18.4. The molecule has 5 nitrogen and oxygen atoms in total. The number of ether oxygens (including phenoxy) is 2. The molecule has 0 atom stereocenters. The normalized spacial score (nSPS) is 10.5. The van der Waals surface area contributed by atoms with Crippen LogP contribution in [0, 0.1) is 18.3 Å². The topological polar surface area (TPSA) is 81.2 Å². The molecule has 1 aromatic heterocycles. The lowest BCUT2D eigenvalue weighted by atomic mass is 9.93. The Hall–Kier alpha value is -3.52. The number of rotatable bonds is 9. The van der Waals surface area contributed by atoms with Crippen molar-refractivity contribution in [2.24, 2.45) is 0 Å². The number of nitrogen functional groups attached to an aromatic ring is 1. The van der Waals surface area contributed by atoms with Crippen molar-refractivity contribution in [1.82, 2.24) is 4.98 Å². The second kappa shape index (κ2) is 10.5.